The van der Waals surface area contributed by atoms with E-state index < -0.39 is 0 Å². The van der Waals surface area contributed by atoms with Crippen LogP contribution in [0, 0.1) is 6.92 Å². The van der Waals surface area contributed by atoms with Gasteiger partial charge in [-0.05, 0) is 24.6 Å². The van der Waals surface area contributed by atoms with Crippen molar-refractivity contribution < 1.29 is 9.90 Å². The second-order valence-electron chi connectivity index (χ2n) is 4.31. The van der Waals surface area contributed by atoms with Gasteiger partial charge in [0.05, 0.1) is 5.69 Å². The van der Waals surface area contributed by atoms with Crippen molar-refractivity contribution in [2.45, 2.75) is 13.5 Å². The summed E-state index contributed by atoms with van der Waals surface area (Å²) in [6, 6.07) is 14.2. The Hall–Kier alpha value is -2.49. The Morgan fingerprint density at radius 2 is 1.79 bits per heavy atom. The first-order valence-corrected chi connectivity index (χ1v) is 6.03. The molecule has 2 aromatic rings. The topological polar surface area (TPSA) is 61.4 Å². The highest BCUT2D eigenvalue weighted by molar-refractivity contribution is 5.90. The Balaban J connectivity index is 1.88. The Morgan fingerprint density at radius 3 is 2.47 bits per heavy atom. The molecule has 0 bridgehead atoms. The fourth-order valence-electron chi connectivity index (χ4n) is 1.63. The minimum Gasteiger partial charge on any atom is -0.506 e. The minimum absolute atomic E-state index is 0.0491. The van der Waals surface area contributed by atoms with Gasteiger partial charge in [0.1, 0.15) is 5.75 Å². The number of aryl methyl sites for hydroxylation is 1. The SMILES string of the molecule is Cc1ccc(CNC(=O)Nc2ccccc2O)cc1. The molecule has 4 heteroatoms. The molecular formula is C15H16N2O2. The molecule has 19 heavy (non-hydrogen) atoms. The van der Waals surface area contributed by atoms with Gasteiger partial charge in [-0.15, -0.1) is 0 Å². The van der Waals surface area contributed by atoms with E-state index in [0.29, 0.717) is 12.2 Å². The van der Waals surface area contributed by atoms with E-state index in [2.05, 4.69) is 10.6 Å². The van der Waals surface area contributed by atoms with Crippen LogP contribution in [0.15, 0.2) is 48.5 Å². The Morgan fingerprint density at radius 1 is 1.11 bits per heavy atom. The zero-order valence-corrected chi connectivity index (χ0v) is 10.7. The van der Waals surface area contributed by atoms with Crippen LogP contribution >= 0.6 is 0 Å². The molecule has 0 aliphatic rings. The molecule has 0 saturated heterocycles. The van der Waals surface area contributed by atoms with Crippen molar-refractivity contribution in [3.63, 3.8) is 0 Å². The van der Waals surface area contributed by atoms with Gasteiger partial charge >= 0.3 is 6.03 Å². The third kappa shape index (κ3) is 3.74. The van der Waals surface area contributed by atoms with E-state index in [1.54, 1.807) is 18.2 Å². The molecule has 3 N–H and O–H groups in total. The number of benzene rings is 2. The monoisotopic (exact) mass is 256 g/mol. The maximum absolute atomic E-state index is 11.7. The molecule has 98 valence electrons. The summed E-state index contributed by atoms with van der Waals surface area (Å²) in [4.78, 5) is 11.7. The molecule has 0 fully saturated rings. The van der Waals surface area contributed by atoms with Gasteiger partial charge in [-0.1, -0.05) is 42.0 Å². The lowest BCUT2D eigenvalue weighted by Crippen LogP contribution is -2.28. The number of rotatable bonds is 3. The van der Waals surface area contributed by atoms with Crippen LogP contribution in [0.2, 0.25) is 0 Å². The van der Waals surface area contributed by atoms with Crippen LogP contribution in [0.4, 0.5) is 10.5 Å². The van der Waals surface area contributed by atoms with Crippen molar-refractivity contribution in [2.24, 2.45) is 0 Å². The largest absolute Gasteiger partial charge is 0.506 e. The third-order valence-electron chi connectivity index (χ3n) is 2.73. The Kier molecular flexibility index (Phi) is 4.03. The second kappa shape index (κ2) is 5.91. The number of hydrogen-bond donors (Lipinski definition) is 3. The summed E-state index contributed by atoms with van der Waals surface area (Å²) < 4.78 is 0. The highest BCUT2D eigenvalue weighted by Crippen LogP contribution is 2.21. The first-order chi connectivity index (χ1) is 9.15. The van der Waals surface area contributed by atoms with Crippen LogP contribution in [-0.2, 0) is 6.54 Å². The fraction of sp³-hybridized carbons (Fsp3) is 0.133. The second-order valence-corrected chi connectivity index (χ2v) is 4.31. The van der Waals surface area contributed by atoms with E-state index in [1.807, 2.05) is 31.2 Å². The van der Waals surface area contributed by atoms with Gasteiger partial charge in [-0.3, -0.25) is 0 Å². The van der Waals surface area contributed by atoms with Gasteiger partial charge in [-0.25, -0.2) is 4.79 Å². The van der Waals surface area contributed by atoms with Crippen molar-refractivity contribution in [2.75, 3.05) is 5.32 Å². The van der Waals surface area contributed by atoms with Gasteiger partial charge in [0.15, 0.2) is 0 Å². The zero-order valence-electron chi connectivity index (χ0n) is 10.7. The summed E-state index contributed by atoms with van der Waals surface area (Å²) in [6.45, 7) is 2.46. The zero-order chi connectivity index (χ0) is 13.7. The van der Waals surface area contributed by atoms with Crippen LogP contribution in [0.1, 0.15) is 11.1 Å². The van der Waals surface area contributed by atoms with Crippen molar-refractivity contribution >= 4 is 11.7 Å². The van der Waals surface area contributed by atoms with Crippen LogP contribution < -0.4 is 10.6 Å². The van der Waals surface area contributed by atoms with E-state index in [-0.39, 0.29) is 11.8 Å². The van der Waals surface area contributed by atoms with E-state index in [9.17, 15) is 9.90 Å². The maximum atomic E-state index is 11.7. The number of carbonyl (C=O) groups excluding carboxylic acids is 1. The molecule has 0 aliphatic carbocycles. The number of phenolic OH excluding ortho intramolecular Hbond substituents is 1. The van der Waals surface area contributed by atoms with E-state index in [4.69, 9.17) is 0 Å². The predicted molar refractivity (Wildman–Crippen MR) is 75.1 cm³/mol. The summed E-state index contributed by atoms with van der Waals surface area (Å²) in [6.07, 6.45) is 0. The summed E-state index contributed by atoms with van der Waals surface area (Å²) in [5, 5.41) is 14.9. The lowest BCUT2D eigenvalue weighted by molar-refractivity contribution is 0.251. The van der Waals surface area contributed by atoms with Crippen LogP contribution in [0.3, 0.4) is 0 Å². The number of carbonyl (C=O) groups is 1. The van der Waals surface area contributed by atoms with E-state index >= 15 is 0 Å². The molecule has 2 aromatic carbocycles. The number of hydrogen-bond acceptors (Lipinski definition) is 2. The quantitative estimate of drug-likeness (QED) is 0.739. The molecule has 0 heterocycles. The average Bonchev–Trinajstić information content (AvgIpc) is 2.41. The molecule has 0 aliphatic heterocycles. The number of anilines is 1. The smallest absolute Gasteiger partial charge is 0.319 e. The van der Waals surface area contributed by atoms with E-state index in [1.165, 1.54) is 11.6 Å². The normalized spacial score (nSPS) is 9.95. The van der Waals surface area contributed by atoms with Crippen molar-refractivity contribution in [1.82, 2.24) is 5.32 Å². The van der Waals surface area contributed by atoms with Gasteiger partial charge < -0.3 is 15.7 Å². The maximum Gasteiger partial charge on any atom is 0.319 e. The summed E-state index contributed by atoms with van der Waals surface area (Å²) in [7, 11) is 0. The minimum atomic E-state index is -0.345. The Bertz CT molecular complexity index is 565. The average molecular weight is 256 g/mol. The number of amides is 2. The molecule has 4 nitrogen and oxygen atoms in total. The Labute approximate surface area is 112 Å². The number of phenols is 1. The summed E-state index contributed by atoms with van der Waals surface area (Å²) >= 11 is 0. The highest BCUT2D eigenvalue weighted by Gasteiger charge is 2.04. The molecule has 0 unspecified atom stereocenters. The van der Waals surface area contributed by atoms with E-state index in [0.717, 1.165) is 5.56 Å². The standard InChI is InChI=1S/C15H16N2O2/c1-11-6-8-12(9-7-11)10-16-15(19)17-13-4-2-3-5-14(13)18/h2-9,18H,10H2,1H3,(H2,16,17,19). The summed E-state index contributed by atoms with van der Waals surface area (Å²) in [5.74, 6) is 0.0491. The fourth-order valence-corrected chi connectivity index (χ4v) is 1.63. The van der Waals surface area contributed by atoms with Crippen LogP contribution in [0.5, 0.6) is 5.75 Å². The molecule has 2 amide bonds. The molecule has 0 spiro atoms. The van der Waals surface area contributed by atoms with Gasteiger partial charge in [-0.2, -0.15) is 0 Å². The predicted octanol–water partition coefficient (Wildman–Crippen LogP) is 3.02. The molecule has 0 atom stereocenters. The molecule has 0 aromatic heterocycles. The van der Waals surface area contributed by atoms with Crippen LogP contribution in [0.25, 0.3) is 0 Å². The van der Waals surface area contributed by atoms with Gasteiger partial charge in [0.25, 0.3) is 0 Å². The molecule has 0 saturated carbocycles. The number of urea groups is 1. The first-order valence-electron chi connectivity index (χ1n) is 6.03. The lowest BCUT2D eigenvalue weighted by Gasteiger charge is -2.09. The van der Waals surface area contributed by atoms with Crippen LogP contribution in [-0.4, -0.2) is 11.1 Å². The number of nitrogens with one attached hydrogen (secondary N) is 2. The van der Waals surface area contributed by atoms with Crippen molar-refractivity contribution in [3.05, 3.63) is 59.7 Å². The highest BCUT2D eigenvalue weighted by atomic mass is 16.3. The third-order valence-corrected chi connectivity index (χ3v) is 2.73. The molecular weight excluding hydrogens is 240 g/mol. The van der Waals surface area contributed by atoms with Crippen molar-refractivity contribution in [1.29, 1.82) is 0 Å². The number of aromatic hydroxyl groups is 1. The number of para-hydroxylation sites is 2. The lowest BCUT2D eigenvalue weighted by atomic mass is 10.1. The first kappa shape index (κ1) is 13.0. The van der Waals surface area contributed by atoms with Gasteiger partial charge in [0.2, 0.25) is 0 Å². The summed E-state index contributed by atoms with van der Waals surface area (Å²) in [5.41, 5.74) is 2.60. The molecule has 2 rings (SSSR count). The van der Waals surface area contributed by atoms with Crippen molar-refractivity contribution in [3.8, 4) is 5.75 Å². The molecule has 0 radical (unpaired) electrons. The van der Waals surface area contributed by atoms with Gasteiger partial charge in [0, 0.05) is 6.54 Å².